The lowest BCUT2D eigenvalue weighted by molar-refractivity contribution is 0.355. The van der Waals surface area contributed by atoms with Crippen LogP contribution in [-0.4, -0.2) is 11.6 Å². The van der Waals surface area contributed by atoms with E-state index < -0.39 is 0 Å². The van der Waals surface area contributed by atoms with E-state index in [0.717, 1.165) is 28.0 Å². The summed E-state index contributed by atoms with van der Waals surface area (Å²) in [6.07, 6.45) is 2.12. The topological polar surface area (TPSA) is 35.3 Å². The van der Waals surface area contributed by atoms with Gasteiger partial charge in [-0.15, -0.1) is 0 Å². The van der Waals surface area contributed by atoms with Crippen molar-refractivity contribution in [3.63, 3.8) is 0 Å². The summed E-state index contributed by atoms with van der Waals surface area (Å²) in [5.74, 6) is 1.58. The molecule has 3 nitrogen and oxygen atoms in total. The van der Waals surface area contributed by atoms with Crippen LogP contribution in [0.5, 0.6) is 5.75 Å². The average molecular weight is 277 g/mol. The predicted octanol–water partition coefficient (Wildman–Crippen LogP) is 4.27. The van der Waals surface area contributed by atoms with E-state index in [2.05, 4.69) is 41.4 Å². The zero-order valence-electron chi connectivity index (χ0n) is 12.0. The van der Waals surface area contributed by atoms with E-state index in [1.807, 2.05) is 19.9 Å². The van der Waals surface area contributed by atoms with Gasteiger partial charge in [-0.2, -0.15) is 0 Å². The number of oxazole rings is 1. The van der Waals surface area contributed by atoms with Crippen LogP contribution in [0.1, 0.15) is 22.6 Å². The molecule has 0 fully saturated rings. The van der Waals surface area contributed by atoms with Gasteiger partial charge in [0.2, 0.25) is 0 Å². The summed E-state index contributed by atoms with van der Waals surface area (Å²) in [4.78, 5) is 4.46. The van der Waals surface area contributed by atoms with Crippen molar-refractivity contribution in [1.82, 2.24) is 4.98 Å². The largest absolute Gasteiger partial charge is 0.488 e. The third-order valence-electron chi connectivity index (χ3n) is 3.86. The van der Waals surface area contributed by atoms with Gasteiger partial charge in [-0.05, 0) is 30.2 Å². The van der Waals surface area contributed by atoms with E-state index in [-0.39, 0.29) is 0 Å². The molecule has 0 atom stereocenters. The Morgan fingerprint density at radius 3 is 2.71 bits per heavy atom. The van der Waals surface area contributed by atoms with Crippen molar-refractivity contribution in [3.05, 3.63) is 65.1 Å². The van der Waals surface area contributed by atoms with E-state index in [0.29, 0.717) is 12.5 Å². The highest BCUT2D eigenvalue weighted by molar-refractivity contribution is 5.92. The van der Waals surface area contributed by atoms with E-state index in [1.54, 1.807) is 0 Å². The maximum Gasteiger partial charge on any atom is 0.192 e. The second-order valence-corrected chi connectivity index (χ2v) is 5.25. The number of benzene rings is 2. The summed E-state index contributed by atoms with van der Waals surface area (Å²) < 4.78 is 11.6. The van der Waals surface area contributed by atoms with Crippen molar-refractivity contribution in [2.75, 3.05) is 6.61 Å². The maximum atomic E-state index is 5.86. The first-order chi connectivity index (χ1) is 10.2. The average Bonchev–Trinajstić information content (AvgIpc) is 2.89. The molecule has 3 heteroatoms. The molecule has 2 heterocycles. The van der Waals surface area contributed by atoms with Crippen molar-refractivity contribution in [1.29, 1.82) is 0 Å². The smallest absolute Gasteiger partial charge is 0.192 e. The fraction of sp³-hybridized carbons (Fsp3) is 0.167. The van der Waals surface area contributed by atoms with Gasteiger partial charge in [0, 0.05) is 18.1 Å². The Kier molecular flexibility index (Phi) is 2.61. The highest BCUT2D eigenvalue weighted by atomic mass is 16.5. The maximum absolute atomic E-state index is 5.86. The molecule has 0 bridgehead atoms. The van der Waals surface area contributed by atoms with Gasteiger partial charge in [0.25, 0.3) is 0 Å². The molecule has 0 radical (unpaired) electrons. The van der Waals surface area contributed by atoms with Crippen molar-refractivity contribution in [2.24, 2.45) is 0 Å². The van der Waals surface area contributed by atoms with Crippen molar-refractivity contribution < 1.29 is 9.15 Å². The molecular formula is C18H15NO2. The molecule has 104 valence electrons. The van der Waals surface area contributed by atoms with Gasteiger partial charge in [0.05, 0.1) is 0 Å². The van der Waals surface area contributed by atoms with Crippen molar-refractivity contribution >= 4 is 16.7 Å². The molecule has 0 amide bonds. The van der Waals surface area contributed by atoms with Crippen molar-refractivity contribution in [2.45, 2.75) is 13.8 Å². The molecular weight excluding hydrogens is 262 g/mol. The Hall–Kier alpha value is -2.55. The quantitative estimate of drug-likeness (QED) is 0.666. The third-order valence-corrected chi connectivity index (χ3v) is 3.86. The van der Waals surface area contributed by atoms with Crippen LogP contribution in [0.4, 0.5) is 0 Å². The first-order valence-corrected chi connectivity index (χ1v) is 7.03. The Morgan fingerprint density at radius 1 is 1.10 bits per heavy atom. The minimum absolute atomic E-state index is 0.580. The number of aryl methyl sites for hydroxylation is 2. The number of aromatic nitrogens is 1. The van der Waals surface area contributed by atoms with Crippen LogP contribution >= 0.6 is 0 Å². The van der Waals surface area contributed by atoms with Crippen LogP contribution in [0.2, 0.25) is 0 Å². The van der Waals surface area contributed by atoms with Crippen LogP contribution in [0, 0.1) is 13.8 Å². The minimum Gasteiger partial charge on any atom is -0.488 e. The molecule has 3 aromatic rings. The van der Waals surface area contributed by atoms with Gasteiger partial charge >= 0.3 is 0 Å². The summed E-state index contributed by atoms with van der Waals surface area (Å²) in [5, 5.41) is 0. The molecule has 2 aromatic carbocycles. The fourth-order valence-electron chi connectivity index (χ4n) is 2.91. The number of fused-ring (bicyclic) bond motifs is 2. The van der Waals surface area contributed by atoms with Crippen LogP contribution in [0.15, 0.2) is 46.9 Å². The summed E-state index contributed by atoms with van der Waals surface area (Å²) in [5.41, 5.74) is 6.20. The lowest BCUT2D eigenvalue weighted by Gasteiger charge is -2.20. The zero-order chi connectivity index (χ0) is 14.4. The Balaban J connectivity index is 1.99. The lowest BCUT2D eigenvalue weighted by atomic mass is 9.93. The number of nitrogens with zero attached hydrogens (tertiary/aromatic N) is 1. The number of rotatable bonds is 1. The van der Waals surface area contributed by atoms with Crippen molar-refractivity contribution in [3.8, 4) is 5.75 Å². The van der Waals surface area contributed by atoms with Gasteiger partial charge in [0.1, 0.15) is 17.9 Å². The molecule has 1 aliphatic rings. The van der Waals surface area contributed by atoms with Crippen LogP contribution in [-0.2, 0) is 0 Å². The first-order valence-electron chi connectivity index (χ1n) is 7.03. The summed E-state index contributed by atoms with van der Waals surface area (Å²) in [6, 6.07) is 12.4. The van der Waals surface area contributed by atoms with E-state index in [1.165, 1.54) is 11.1 Å². The molecule has 0 N–H and O–H groups in total. The Bertz CT molecular complexity index is 860. The number of hydrogen-bond acceptors (Lipinski definition) is 3. The normalized spacial score (nSPS) is 13.7. The minimum atomic E-state index is 0.580. The monoisotopic (exact) mass is 277 g/mol. The molecule has 0 saturated heterocycles. The fourth-order valence-corrected chi connectivity index (χ4v) is 2.91. The number of hydrogen-bond donors (Lipinski definition) is 0. The molecule has 21 heavy (non-hydrogen) atoms. The predicted molar refractivity (Wildman–Crippen MR) is 82.5 cm³/mol. The second kappa shape index (κ2) is 4.48. The van der Waals surface area contributed by atoms with Gasteiger partial charge in [-0.25, -0.2) is 4.98 Å². The van der Waals surface area contributed by atoms with E-state index in [4.69, 9.17) is 9.15 Å². The second-order valence-electron chi connectivity index (χ2n) is 5.25. The lowest BCUT2D eigenvalue weighted by Crippen LogP contribution is -2.07. The standard InChI is InChI=1S/C18H15NO2/c1-11-17-15(10-16-18(11)21-12(2)19-16)14(8-9-20-17)13-6-4-3-5-7-13/h3-8,10H,9H2,1-2H3. The molecule has 0 spiro atoms. The van der Waals surface area contributed by atoms with Crippen LogP contribution in [0.25, 0.3) is 16.7 Å². The third kappa shape index (κ3) is 1.85. The van der Waals surface area contributed by atoms with E-state index >= 15 is 0 Å². The van der Waals surface area contributed by atoms with Gasteiger partial charge < -0.3 is 9.15 Å². The SMILES string of the molecule is Cc1nc2cc3c(c(C)c2o1)OCC=C3c1ccccc1. The van der Waals surface area contributed by atoms with Gasteiger partial charge in [-0.3, -0.25) is 0 Å². The summed E-state index contributed by atoms with van der Waals surface area (Å²) >= 11 is 0. The van der Waals surface area contributed by atoms with E-state index in [9.17, 15) is 0 Å². The summed E-state index contributed by atoms with van der Waals surface area (Å²) in [6.45, 7) is 4.48. The molecule has 1 aliphatic heterocycles. The molecule has 0 saturated carbocycles. The number of ether oxygens (including phenoxy) is 1. The first kappa shape index (κ1) is 12.2. The molecule has 0 aliphatic carbocycles. The van der Waals surface area contributed by atoms with Gasteiger partial charge in [-0.1, -0.05) is 30.3 Å². The Morgan fingerprint density at radius 2 is 1.90 bits per heavy atom. The highest BCUT2D eigenvalue weighted by Gasteiger charge is 2.21. The molecule has 1 aromatic heterocycles. The molecule has 4 rings (SSSR count). The summed E-state index contributed by atoms with van der Waals surface area (Å²) in [7, 11) is 0. The van der Waals surface area contributed by atoms with Crippen LogP contribution < -0.4 is 4.74 Å². The zero-order valence-corrected chi connectivity index (χ0v) is 12.0. The van der Waals surface area contributed by atoms with Gasteiger partial charge in [0.15, 0.2) is 11.5 Å². The van der Waals surface area contributed by atoms with Crippen LogP contribution in [0.3, 0.4) is 0 Å². The highest BCUT2D eigenvalue weighted by Crippen LogP contribution is 2.40. The Labute approximate surface area is 122 Å². The molecule has 0 unspecified atom stereocenters.